The van der Waals surface area contributed by atoms with Crippen molar-refractivity contribution >= 4 is 39.2 Å². The van der Waals surface area contributed by atoms with Crippen LogP contribution in [0.25, 0.3) is 9.69 Å². The quantitative estimate of drug-likeness (QED) is 0.0542. The molecule has 0 aliphatic heterocycles. The Morgan fingerprint density at radius 1 is 0.660 bits per heavy atom. The predicted octanol–water partition coefficient (Wildman–Crippen LogP) is 8.19. The fourth-order valence-electron chi connectivity index (χ4n) is 3.78. The van der Waals surface area contributed by atoms with E-state index in [9.17, 15) is 9.59 Å². The summed E-state index contributed by atoms with van der Waals surface area (Å²) in [5, 5.41) is 4.42. The molecule has 0 saturated heterocycles. The van der Waals surface area contributed by atoms with E-state index in [0.717, 1.165) is 101 Å². The van der Waals surface area contributed by atoms with Gasteiger partial charge in [-0.15, -0.1) is 0 Å². The highest BCUT2D eigenvalue weighted by atomic mass is 79.9. The number of esters is 2. The normalized spacial score (nSPS) is 9.74. The molecule has 2 aromatic carbocycles. The molecule has 10 nitrogen and oxygen atoms in total. The number of carbonyl (C=O) groups is 2. The number of nitrogens with two attached hydrogens (primary N) is 1. The Balaban J connectivity index is 0.000000748. The topological polar surface area (TPSA) is 118 Å². The number of carbonyl (C=O) groups excluding carboxylic acids is 2. The molecule has 0 radical (unpaired) electrons. The Hall–Kier alpha value is -3.64. The Morgan fingerprint density at radius 2 is 1.09 bits per heavy atom. The molecule has 11 heteroatoms. The summed E-state index contributed by atoms with van der Waals surface area (Å²) in [5.41, 5.74) is 6.55. The number of halogens is 1. The highest BCUT2D eigenvalue weighted by Gasteiger charge is 2.00. The van der Waals surface area contributed by atoms with Gasteiger partial charge < -0.3 is 30.0 Å². The number of ether oxygens (including phenoxy) is 4. The summed E-state index contributed by atoms with van der Waals surface area (Å²) in [6.45, 7) is 17.8. The lowest BCUT2D eigenvalue weighted by molar-refractivity contribution is -0.141. The molecule has 0 amide bonds. The first-order chi connectivity index (χ1) is 22.9. The van der Waals surface area contributed by atoms with Crippen molar-refractivity contribution < 1.29 is 28.5 Å². The van der Waals surface area contributed by atoms with E-state index in [1.54, 1.807) is 24.3 Å². The van der Waals surface area contributed by atoms with Crippen LogP contribution in [0.2, 0.25) is 0 Å². The Morgan fingerprint density at radius 3 is 1.49 bits per heavy atom. The van der Waals surface area contributed by atoms with Crippen molar-refractivity contribution in [2.75, 3.05) is 52.4 Å². The highest BCUT2D eigenvalue weighted by molar-refractivity contribution is 9.09. The molecule has 260 valence electrons. The molecule has 0 heterocycles. The molecule has 0 aliphatic rings. The first-order valence-electron chi connectivity index (χ1n) is 16.2. The summed E-state index contributed by atoms with van der Waals surface area (Å²) in [4.78, 5) is 28.1. The molecule has 0 spiro atoms. The average molecular weight is 718 g/mol. The number of alkyl halides is 1. The van der Waals surface area contributed by atoms with E-state index >= 15 is 0 Å². The van der Waals surface area contributed by atoms with Crippen molar-refractivity contribution in [3.63, 3.8) is 0 Å². The van der Waals surface area contributed by atoms with Crippen LogP contribution in [0.5, 0.6) is 11.5 Å². The van der Waals surface area contributed by atoms with Crippen LogP contribution in [-0.2, 0) is 19.1 Å². The van der Waals surface area contributed by atoms with E-state index < -0.39 is 0 Å². The predicted molar refractivity (Wildman–Crippen MR) is 192 cm³/mol. The number of methoxy groups -OCH3 is 2. The Bertz CT molecular complexity index is 1130. The average Bonchev–Trinajstić information content (AvgIpc) is 3.11. The van der Waals surface area contributed by atoms with Crippen LogP contribution in [0, 0.1) is 13.1 Å². The van der Waals surface area contributed by atoms with E-state index in [1.165, 1.54) is 14.2 Å². The number of benzene rings is 2. The van der Waals surface area contributed by atoms with Crippen molar-refractivity contribution in [2.24, 2.45) is 5.73 Å². The maximum Gasteiger partial charge on any atom is 0.305 e. The lowest BCUT2D eigenvalue weighted by Gasteiger charge is -2.07. The molecule has 0 aromatic heterocycles. The Labute approximate surface area is 290 Å². The zero-order valence-electron chi connectivity index (χ0n) is 28.1. The summed E-state index contributed by atoms with van der Waals surface area (Å²) in [6.07, 6.45) is 11.2. The van der Waals surface area contributed by atoms with E-state index in [4.69, 9.17) is 28.4 Å². The van der Waals surface area contributed by atoms with Gasteiger partial charge in [-0.2, -0.15) is 0 Å². The van der Waals surface area contributed by atoms with Crippen LogP contribution in [0.1, 0.15) is 77.0 Å². The first-order valence-corrected chi connectivity index (χ1v) is 17.4. The number of nitrogens with zero attached hydrogens (tertiary/aromatic N) is 2. The summed E-state index contributed by atoms with van der Waals surface area (Å²) >= 11 is 3.37. The van der Waals surface area contributed by atoms with Crippen molar-refractivity contribution in [3.05, 3.63) is 71.4 Å². The summed E-state index contributed by atoms with van der Waals surface area (Å²) in [6, 6.07) is 14.4. The van der Waals surface area contributed by atoms with Gasteiger partial charge in [0.15, 0.2) is 11.4 Å². The first kappa shape index (κ1) is 43.4. The SMILES string of the molecule is COC(=O)CCCCCN.[C-]#[N+]c1ccc(OCCCCBr)cc1.[C-]#[N+]c1ccc(OCCCCNCCCCCC(=O)OC)cc1. The van der Waals surface area contributed by atoms with Crippen LogP contribution < -0.4 is 20.5 Å². The van der Waals surface area contributed by atoms with Crippen LogP contribution in [0.3, 0.4) is 0 Å². The molecule has 47 heavy (non-hydrogen) atoms. The standard InChI is InChI=1S/C18H26N2O3.C11H12BrNO.C7H15NO2/c1-19-16-9-11-17(12-10-16)23-15-7-6-14-20-13-5-3-4-8-18(21)22-2;1-13-10-4-6-11(7-5-10)14-9-3-2-8-12;1-10-7(9)5-3-2-4-6-8/h9-12,20H,3-8,13-15H2,2H3;4-7H,2-3,8-9H2;2-6,8H2,1H3. The second-order valence-corrected chi connectivity index (χ2v) is 11.1. The van der Waals surface area contributed by atoms with Crippen LogP contribution >= 0.6 is 15.9 Å². The van der Waals surface area contributed by atoms with Gasteiger partial charge >= 0.3 is 11.9 Å². The number of hydrogen-bond acceptors (Lipinski definition) is 8. The van der Waals surface area contributed by atoms with Gasteiger partial charge in [-0.05, 0) is 95.3 Å². The van der Waals surface area contributed by atoms with Gasteiger partial charge in [-0.25, -0.2) is 9.69 Å². The van der Waals surface area contributed by atoms with Crippen LogP contribution in [0.15, 0.2) is 48.5 Å². The minimum atomic E-state index is -0.128. The molecule has 0 fully saturated rings. The zero-order valence-corrected chi connectivity index (χ0v) is 29.7. The minimum Gasteiger partial charge on any atom is -0.494 e. The molecular formula is C36H53BrN4O6. The van der Waals surface area contributed by atoms with Crippen molar-refractivity contribution in [2.45, 2.75) is 77.0 Å². The minimum absolute atomic E-state index is 0.123. The van der Waals surface area contributed by atoms with Crippen molar-refractivity contribution in [1.82, 2.24) is 5.32 Å². The second kappa shape index (κ2) is 32.3. The molecular weight excluding hydrogens is 664 g/mol. The van der Waals surface area contributed by atoms with E-state index in [0.29, 0.717) is 37.4 Å². The van der Waals surface area contributed by atoms with Crippen LogP contribution in [0.4, 0.5) is 11.4 Å². The van der Waals surface area contributed by atoms with Crippen molar-refractivity contribution in [1.29, 1.82) is 0 Å². The number of rotatable bonds is 22. The maximum atomic E-state index is 10.9. The van der Waals surface area contributed by atoms with Gasteiger partial charge in [-0.1, -0.05) is 53.0 Å². The van der Waals surface area contributed by atoms with Crippen LogP contribution in [-0.4, -0.2) is 64.3 Å². The van der Waals surface area contributed by atoms with Gasteiger partial charge in [0.2, 0.25) is 0 Å². The van der Waals surface area contributed by atoms with Gasteiger partial charge in [0.1, 0.15) is 11.5 Å². The van der Waals surface area contributed by atoms with Gasteiger partial charge in [-0.3, -0.25) is 9.59 Å². The van der Waals surface area contributed by atoms with Gasteiger partial charge in [0.05, 0.1) is 40.6 Å². The third-order valence-electron chi connectivity index (χ3n) is 6.52. The second-order valence-electron chi connectivity index (χ2n) is 10.3. The third-order valence-corrected chi connectivity index (χ3v) is 7.08. The third kappa shape index (κ3) is 27.2. The lowest BCUT2D eigenvalue weighted by atomic mass is 10.2. The molecule has 0 saturated carbocycles. The molecule has 0 unspecified atom stereocenters. The maximum absolute atomic E-state index is 10.9. The summed E-state index contributed by atoms with van der Waals surface area (Å²) in [7, 11) is 2.83. The van der Waals surface area contributed by atoms with Crippen molar-refractivity contribution in [3.8, 4) is 11.5 Å². The largest absolute Gasteiger partial charge is 0.494 e. The fourth-order valence-corrected chi connectivity index (χ4v) is 4.17. The van der Waals surface area contributed by atoms with E-state index in [2.05, 4.69) is 40.4 Å². The lowest BCUT2D eigenvalue weighted by Crippen LogP contribution is -2.17. The van der Waals surface area contributed by atoms with E-state index in [-0.39, 0.29) is 11.9 Å². The molecule has 3 N–H and O–H groups in total. The summed E-state index contributed by atoms with van der Waals surface area (Å²) in [5.74, 6) is 1.40. The van der Waals surface area contributed by atoms with Gasteiger partial charge in [0, 0.05) is 18.2 Å². The number of nitrogens with one attached hydrogen (secondary N) is 1. The Kier molecular flexibility index (Phi) is 29.8. The number of unbranched alkanes of at least 4 members (excludes halogenated alkanes) is 6. The highest BCUT2D eigenvalue weighted by Crippen LogP contribution is 2.19. The molecule has 0 atom stereocenters. The smallest absolute Gasteiger partial charge is 0.305 e. The molecule has 2 rings (SSSR count). The monoisotopic (exact) mass is 716 g/mol. The summed E-state index contributed by atoms with van der Waals surface area (Å²) < 4.78 is 20.2. The molecule has 0 bridgehead atoms. The van der Waals surface area contributed by atoms with Gasteiger partial charge in [0.25, 0.3) is 0 Å². The fraction of sp³-hybridized carbons (Fsp3) is 0.556. The molecule has 2 aromatic rings. The molecule has 0 aliphatic carbocycles. The zero-order chi connectivity index (χ0) is 34.8. The van der Waals surface area contributed by atoms with E-state index in [1.807, 2.05) is 24.3 Å². The number of hydrogen-bond donors (Lipinski definition) is 2.